The maximum atomic E-state index is 10.4. The van der Waals surface area contributed by atoms with Crippen molar-refractivity contribution in [3.8, 4) is 0 Å². The molecule has 0 heterocycles. The molecule has 0 amide bonds. The van der Waals surface area contributed by atoms with E-state index in [0.29, 0.717) is 7.18 Å². The van der Waals surface area contributed by atoms with Crippen LogP contribution in [0.4, 0.5) is 17.6 Å². The first kappa shape index (κ1) is 62.3. The topological polar surface area (TPSA) is 0 Å². The monoisotopic (exact) mass is 592 g/mol. The molecule has 0 aromatic rings. The molecule has 41 heavy (non-hydrogen) atoms. The summed E-state index contributed by atoms with van der Waals surface area (Å²) < 4.78 is 40.6. The van der Waals surface area contributed by atoms with E-state index in [1.807, 2.05) is 5.83 Å². The molecule has 0 bridgehead atoms. The van der Waals surface area contributed by atoms with Crippen molar-refractivity contribution in [2.45, 2.75) is 13.1 Å². The highest BCUT2D eigenvalue weighted by molar-refractivity contribution is 9.08. The molecule has 0 unspecified atom stereocenters. The predicted octanol–water partition coefficient (Wildman–Crippen LogP) is -7.40. The van der Waals surface area contributed by atoms with E-state index in [4.69, 9.17) is 139 Å². The van der Waals surface area contributed by atoms with Gasteiger partial charge in [-0.05, 0) is 5.83 Å². The fraction of sp³-hybridized carbons (Fsp3) is 1.00. The molecule has 36 heteroatoms. The lowest BCUT2D eigenvalue weighted by molar-refractivity contribution is -0.110. The molecule has 0 aromatic carbocycles. The van der Waals surface area contributed by atoms with Gasteiger partial charge in [-0.15, -0.1) is 11.6 Å². The van der Waals surface area contributed by atoms with Gasteiger partial charge in [-0.3, -0.25) is 4.39 Å². The number of halogens is 6. The van der Waals surface area contributed by atoms with Crippen LogP contribution in [0.2, 0.25) is 0 Å². The van der Waals surface area contributed by atoms with Crippen LogP contribution in [-0.4, -0.2) is 243 Å². The quantitative estimate of drug-likeness (QED) is 0.151. The average Bonchev–Trinajstić information content (AvgIpc) is 2.86. The molecule has 0 fully saturated rings. The molecule has 0 aliphatic carbocycles. The van der Waals surface area contributed by atoms with E-state index < -0.39 is 57.3 Å². The van der Waals surface area contributed by atoms with Gasteiger partial charge in [0.2, 0.25) is 0 Å². The zero-order valence-electron chi connectivity index (χ0n) is 24.1. The van der Waals surface area contributed by atoms with Gasteiger partial charge in [-0.25, -0.2) is 0 Å². The summed E-state index contributed by atoms with van der Waals surface area (Å²) in [5, 5.41) is 0. The standard InChI is InChI=1S/C2H3F3.CH3Br.CH3Cl.CH3F.B9.B8.B7.B6/c1-2(3,4)5;3*1-2;1-6-9(7(2)3)8(4)5;1-6(2)8(5)7(3)4;1-5-7(4)6(2)3;1-5(2)6(3)4/h1H3;3*1H3;;;;. The number of rotatable bonds is 8. The molecule has 0 saturated carbocycles. The van der Waals surface area contributed by atoms with Crippen molar-refractivity contribution in [1.29, 1.82) is 0 Å². The van der Waals surface area contributed by atoms with Crippen molar-refractivity contribution in [1.82, 2.24) is 0 Å². The molecule has 0 rings (SSSR count). The zero-order valence-corrected chi connectivity index (χ0v) is 26.4. The third kappa shape index (κ3) is 74.9. The van der Waals surface area contributed by atoms with Crippen LogP contribution in [0.25, 0.3) is 0 Å². The summed E-state index contributed by atoms with van der Waals surface area (Å²) in [4.78, 5) is 0. The summed E-state index contributed by atoms with van der Waals surface area (Å²) in [5.41, 5.74) is 0. The smallest absolute Gasteiger partial charge is 0.255 e. The molecule has 0 saturated heterocycles. The third-order valence-electron chi connectivity index (χ3n) is 3.11. The molecule has 0 N–H and O–H groups in total. The van der Waals surface area contributed by atoms with E-state index in [9.17, 15) is 17.6 Å². The van der Waals surface area contributed by atoms with E-state index in [1.165, 1.54) is 20.5 Å². The van der Waals surface area contributed by atoms with Gasteiger partial charge in [-0.2, -0.15) is 13.2 Å². The maximum Gasteiger partial charge on any atom is 0.386 e. The minimum absolute atomic E-state index is 0.188. The van der Waals surface area contributed by atoms with Crippen LogP contribution in [-0.2, 0) is 0 Å². The predicted molar refractivity (Wildman–Crippen MR) is 218 cm³/mol. The fourth-order valence-electron chi connectivity index (χ4n) is 0.898. The summed E-state index contributed by atoms with van der Waals surface area (Å²) >= 11 is 7.58. The van der Waals surface area contributed by atoms with E-state index in [-0.39, 0.29) is 19.7 Å². The Hall–Kier alpha value is 2.44. The van der Waals surface area contributed by atoms with Crippen molar-refractivity contribution in [2.75, 3.05) is 19.4 Å². The van der Waals surface area contributed by atoms with E-state index >= 15 is 0 Å². The van der Waals surface area contributed by atoms with Crippen LogP contribution >= 0.6 is 27.5 Å². The highest BCUT2D eigenvalue weighted by atomic mass is 79.9. The van der Waals surface area contributed by atoms with Crippen molar-refractivity contribution >= 4 is 245 Å². The van der Waals surface area contributed by atoms with Crippen molar-refractivity contribution < 1.29 is 17.6 Å². The molecule has 0 spiro atoms. The highest BCUT2D eigenvalue weighted by Gasteiger charge is 2.18. The Balaban J connectivity index is -0.0000000533. The molecule has 0 aromatic heterocycles. The first-order chi connectivity index (χ1) is 18.5. The summed E-state index contributed by atoms with van der Waals surface area (Å²) in [7, 11) is 95.2. The van der Waals surface area contributed by atoms with Crippen LogP contribution in [0.3, 0.4) is 0 Å². The van der Waals surface area contributed by atoms with Gasteiger partial charge in [0.1, 0.15) is 0 Å². The number of alkyl halides is 6. The van der Waals surface area contributed by atoms with Gasteiger partial charge in [-0.1, -0.05) is 15.9 Å². The van der Waals surface area contributed by atoms with E-state index in [2.05, 4.69) is 27.5 Å². The Kier molecular flexibility index (Phi) is 67.7. The molecule has 0 aliphatic heterocycles. The molecular weight excluding hydrogens is 576 g/mol. The zero-order chi connectivity index (χ0) is 35.7. The fourth-order valence-corrected chi connectivity index (χ4v) is 0.898. The van der Waals surface area contributed by atoms with Gasteiger partial charge < -0.3 is 0 Å². The van der Waals surface area contributed by atoms with Gasteiger partial charge in [0, 0.05) is 231 Å². The van der Waals surface area contributed by atoms with Crippen molar-refractivity contribution in [3.63, 3.8) is 0 Å². The van der Waals surface area contributed by atoms with Gasteiger partial charge in [0.25, 0.3) is 0 Å². The lowest BCUT2D eigenvalue weighted by Gasteiger charge is -2.17. The minimum atomic E-state index is -4.00. The molecule has 38 radical (unpaired) electrons. The number of hydrogen-bond donors (Lipinski definition) is 0. The summed E-state index contributed by atoms with van der Waals surface area (Å²) in [6.45, 7) is 0.188. The molecule has 0 nitrogen and oxygen atoms in total. The Morgan fingerprint density at radius 2 is 0.732 bits per heavy atom. The SMILES string of the molecule is CBr.CC(F)(F)F.CCl.CF.[B]B([B])B([B])B([B])[B].[B]B([B])B([B])[B].[B][B]B(B([B])[B])B([B])[B].[B][B]B([B])B([B])[B]. The second-order valence-corrected chi connectivity index (χ2v) is 6.94. The summed E-state index contributed by atoms with van der Waals surface area (Å²) in [5.74, 6) is 1.81. The average molecular weight is 588 g/mol. The summed E-state index contributed by atoms with van der Waals surface area (Å²) in [6, 6.07) is 0. The Labute approximate surface area is 293 Å². The van der Waals surface area contributed by atoms with E-state index in [1.54, 1.807) is 0 Å². The molecule has 164 valence electrons. The Bertz CT molecular complexity index is 400. The maximum absolute atomic E-state index is 10.4. The largest absolute Gasteiger partial charge is 0.386 e. The minimum Gasteiger partial charge on any atom is -0.255 e. The first-order valence-corrected chi connectivity index (χ1v) is 13.2. The molecule has 0 aliphatic rings. The summed E-state index contributed by atoms with van der Waals surface area (Å²) in [6.07, 6.45) is -7.88. The Morgan fingerprint density at radius 1 is 0.512 bits per heavy atom. The van der Waals surface area contributed by atoms with Gasteiger partial charge in [0.15, 0.2) is 0 Å². The van der Waals surface area contributed by atoms with Crippen LogP contribution in [0, 0.1) is 0 Å². The lowest BCUT2D eigenvalue weighted by atomic mass is 8.64. The van der Waals surface area contributed by atoms with Crippen molar-refractivity contribution in [3.05, 3.63) is 0 Å². The molecular formula is C5H12B30BrClF4. The third-order valence-corrected chi connectivity index (χ3v) is 3.11. The lowest BCUT2D eigenvalue weighted by Crippen LogP contribution is -2.55. The van der Waals surface area contributed by atoms with Gasteiger partial charge in [0.05, 0.1) is 7.18 Å². The number of hydrogen-bond acceptors (Lipinski definition) is 0. The Morgan fingerprint density at radius 3 is 0.732 bits per heavy atom. The van der Waals surface area contributed by atoms with Crippen LogP contribution in [0.1, 0.15) is 6.92 Å². The van der Waals surface area contributed by atoms with E-state index in [0.717, 1.165) is 0 Å². The second kappa shape index (κ2) is 44.6. The van der Waals surface area contributed by atoms with Gasteiger partial charge >= 0.3 is 6.18 Å². The van der Waals surface area contributed by atoms with Crippen LogP contribution in [0.5, 0.6) is 0 Å². The van der Waals surface area contributed by atoms with Crippen LogP contribution in [0.15, 0.2) is 0 Å². The first-order valence-electron chi connectivity index (χ1n) is 10.9. The molecule has 0 atom stereocenters. The van der Waals surface area contributed by atoms with Crippen LogP contribution < -0.4 is 0 Å². The highest BCUT2D eigenvalue weighted by Crippen LogP contribution is 2.10. The normalized spacial score (nSPS) is 7.56. The second-order valence-electron chi connectivity index (χ2n) is 6.94. The van der Waals surface area contributed by atoms with Crippen molar-refractivity contribution in [2.24, 2.45) is 0 Å².